The molecule has 3 N–H and O–H groups in total. The number of nitrogens with one attached hydrogen (secondary N) is 2. The second-order valence-corrected chi connectivity index (χ2v) is 6.07. The molecule has 1 fully saturated rings. The van der Waals surface area contributed by atoms with Gasteiger partial charge in [0.25, 0.3) is 0 Å². The molecule has 1 rings (SSSR count). The number of aliphatic carboxylic acids is 1. The van der Waals surface area contributed by atoms with E-state index in [4.69, 9.17) is 5.11 Å². The minimum atomic E-state index is -0.940. The molecule has 18 heavy (non-hydrogen) atoms. The predicted octanol–water partition coefficient (Wildman–Crippen LogP) is 0.307. The van der Waals surface area contributed by atoms with Crippen molar-refractivity contribution in [1.29, 1.82) is 0 Å². The molecule has 0 spiro atoms. The van der Waals surface area contributed by atoms with Crippen LogP contribution in [0.2, 0.25) is 0 Å². The molecule has 0 radical (unpaired) electrons. The van der Waals surface area contributed by atoms with Crippen LogP contribution in [0, 0.1) is 5.92 Å². The lowest BCUT2D eigenvalue weighted by molar-refractivity contribution is -0.143. The molecule has 0 aromatic heterocycles. The minimum Gasteiger partial charge on any atom is -0.481 e. The van der Waals surface area contributed by atoms with Gasteiger partial charge in [-0.2, -0.15) is 0 Å². The van der Waals surface area contributed by atoms with E-state index in [-0.39, 0.29) is 12.1 Å². The Morgan fingerprint density at radius 3 is 2.61 bits per heavy atom. The highest BCUT2D eigenvalue weighted by Crippen LogP contribution is 2.24. The van der Waals surface area contributed by atoms with Crippen LogP contribution >= 0.6 is 0 Å². The zero-order valence-corrected chi connectivity index (χ0v) is 11.3. The Morgan fingerprint density at radius 1 is 1.33 bits per heavy atom. The summed E-state index contributed by atoms with van der Waals surface area (Å²) in [5.41, 5.74) is 0. The van der Waals surface area contributed by atoms with Gasteiger partial charge in [-0.25, -0.2) is 4.79 Å². The Morgan fingerprint density at radius 2 is 2.00 bits per heavy atom. The number of carboxylic acids is 1. The molecule has 0 saturated heterocycles. The van der Waals surface area contributed by atoms with E-state index in [1.54, 1.807) is 6.26 Å². The van der Waals surface area contributed by atoms with Gasteiger partial charge in [-0.05, 0) is 12.8 Å². The standard InChI is InChI=1S/C11H20N2O4S/c1-18(17)7-6-12-11(16)13-9-5-3-2-4-8(9)10(14)15/h8-9H,2-7H2,1H3,(H,14,15)(H2,12,13,16). The van der Waals surface area contributed by atoms with E-state index < -0.39 is 22.7 Å². The topological polar surface area (TPSA) is 95.5 Å². The van der Waals surface area contributed by atoms with Gasteiger partial charge >= 0.3 is 12.0 Å². The third kappa shape index (κ3) is 5.03. The molecule has 6 nitrogen and oxygen atoms in total. The van der Waals surface area contributed by atoms with Crippen molar-refractivity contribution in [3.8, 4) is 0 Å². The van der Waals surface area contributed by atoms with Crippen molar-refractivity contribution in [3.05, 3.63) is 0 Å². The molecule has 1 aliphatic rings. The number of rotatable bonds is 5. The fraction of sp³-hybridized carbons (Fsp3) is 0.818. The molecule has 7 heteroatoms. The number of carboxylic acid groups (broad SMARTS) is 1. The normalized spacial score (nSPS) is 25.2. The SMILES string of the molecule is CS(=O)CCNC(=O)NC1CCCCC1C(=O)O. The molecule has 0 aromatic carbocycles. The fourth-order valence-electron chi connectivity index (χ4n) is 2.13. The van der Waals surface area contributed by atoms with Crippen LogP contribution in [0.25, 0.3) is 0 Å². The van der Waals surface area contributed by atoms with Crippen LogP contribution in [-0.2, 0) is 15.6 Å². The van der Waals surface area contributed by atoms with Crippen LogP contribution in [0.4, 0.5) is 4.79 Å². The van der Waals surface area contributed by atoms with E-state index in [2.05, 4.69) is 10.6 Å². The maximum atomic E-state index is 11.5. The first-order valence-electron chi connectivity index (χ1n) is 6.08. The Hall–Kier alpha value is -1.11. The van der Waals surface area contributed by atoms with Gasteiger partial charge in [-0.3, -0.25) is 9.00 Å². The van der Waals surface area contributed by atoms with Gasteiger partial charge in [0.15, 0.2) is 0 Å². The zero-order valence-electron chi connectivity index (χ0n) is 10.5. The molecular formula is C11H20N2O4S. The summed E-state index contributed by atoms with van der Waals surface area (Å²) in [5.74, 6) is -0.944. The number of amides is 2. The highest BCUT2D eigenvalue weighted by atomic mass is 32.2. The molecule has 2 amide bonds. The monoisotopic (exact) mass is 276 g/mol. The van der Waals surface area contributed by atoms with Crippen molar-refractivity contribution in [2.24, 2.45) is 5.92 Å². The predicted molar refractivity (Wildman–Crippen MR) is 68.8 cm³/mol. The van der Waals surface area contributed by atoms with Crippen LogP contribution in [0.1, 0.15) is 25.7 Å². The summed E-state index contributed by atoms with van der Waals surface area (Å²) < 4.78 is 10.8. The summed E-state index contributed by atoms with van der Waals surface area (Å²) in [5, 5.41) is 14.3. The molecule has 1 saturated carbocycles. The third-order valence-electron chi connectivity index (χ3n) is 3.07. The summed E-state index contributed by atoms with van der Waals surface area (Å²) in [6, 6.07) is -0.679. The van der Waals surface area contributed by atoms with Crippen molar-refractivity contribution < 1.29 is 18.9 Å². The maximum absolute atomic E-state index is 11.5. The summed E-state index contributed by atoms with van der Waals surface area (Å²) in [6.45, 7) is 0.333. The average molecular weight is 276 g/mol. The smallest absolute Gasteiger partial charge is 0.315 e. The van der Waals surface area contributed by atoms with E-state index in [1.165, 1.54) is 0 Å². The quantitative estimate of drug-likeness (QED) is 0.673. The second-order valence-electron chi connectivity index (χ2n) is 4.51. The van der Waals surface area contributed by atoms with Crippen molar-refractivity contribution in [1.82, 2.24) is 10.6 Å². The molecule has 3 unspecified atom stereocenters. The highest BCUT2D eigenvalue weighted by Gasteiger charge is 2.31. The van der Waals surface area contributed by atoms with E-state index in [0.29, 0.717) is 25.1 Å². The largest absolute Gasteiger partial charge is 0.481 e. The third-order valence-corrected chi connectivity index (χ3v) is 3.85. The summed E-state index contributed by atoms with van der Waals surface area (Å²) in [4.78, 5) is 22.6. The molecule has 3 atom stereocenters. The molecule has 0 heterocycles. The Bertz CT molecular complexity index is 335. The number of urea groups is 1. The van der Waals surface area contributed by atoms with Gasteiger partial charge in [0.1, 0.15) is 0 Å². The van der Waals surface area contributed by atoms with Gasteiger partial charge in [0, 0.05) is 35.4 Å². The first-order chi connectivity index (χ1) is 8.50. The lowest BCUT2D eigenvalue weighted by atomic mass is 9.84. The molecule has 0 aliphatic heterocycles. The highest BCUT2D eigenvalue weighted by molar-refractivity contribution is 7.84. The Kier molecular flexibility index (Phi) is 6.11. The lowest BCUT2D eigenvalue weighted by Crippen LogP contribution is -2.49. The summed E-state index contributed by atoms with van der Waals surface area (Å²) in [6.07, 6.45) is 4.71. The summed E-state index contributed by atoms with van der Waals surface area (Å²) >= 11 is 0. The van der Waals surface area contributed by atoms with E-state index in [0.717, 1.165) is 12.8 Å². The molecule has 0 aromatic rings. The molecular weight excluding hydrogens is 256 g/mol. The molecule has 104 valence electrons. The van der Waals surface area contributed by atoms with E-state index in [9.17, 15) is 13.8 Å². The van der Waals surface area contributed by atoms with E-state index >= 15 is 0 Å². The number of hydrogen-bond donors (Lipinski definition) is 3. The van der Waals surface area contributed by atoms with Crippen molar-refractivity contribution in [3.63, 3.8) is 0 Å². The van der Waals surface area contributed by atoms with Crippen molar-refractivity contribution in [2.45, 2.75) is 31.7 Å². The first kappa shape index (κ1) is 14.9. The van der Waals surface area contributed by atoms with E-state index in [1.807, 2.05) is 0 Å². The zero-order chi connectivity index (χ0) is 13.5. The second kappa shape index (κ2) is 7.35. The summed E-state index contributed by atoms with van der Waals surface area (Å²) in [7, 11) is -0.940. The van der Waals surface area contributed by atoms with Crippen LogP contribution in [0.3, 0.4) is 0 Å². The van der Waals surface area contributed by atoms with Crippen LogP contribution < -0.4 is 10.6 Å². The molecule has 1 aliphatic carbocycles. The van der Waals surface area contributed by atoms with Gasteiger partial charge in [0.2, 0.25) is 0 Å². The van der Waals surface area contributed by atoms with Crippen molar-refractivity contribution >= 4 is 22.8 Å². The fourth-order valence-corrected chi connectivity index (χ4v) is 2.52. The average Bonchev–Trinajstić information content (AvgIpc) is 2.28. The Balaban J connectivity index is 2.36. The Labute approximate surface area is 109 Å². The maximum Gasteiger partial charge on any atom is 0.315 e. The van der Waals surface area contributed by atoms with Gasteiger partial charge in [0.05, 0.1) is 5.92 Å². The van der Waals surface area contributed by atoms with Gasteiger partial charge in [-0.15, -0.1) is 0 Å². The number of carbonyl (C=O) groups excluding carboxylic acids is 1. The van der Waals surface area contributed by atoms with Crippen LogP contribution in [-0.4, -0.2) is 45.9 Å². The number of hydrogen-bond acceptors (Lipinski definition) is 3. The van der Waals surface area contributed by atoms with Gasteiger partial charge < -0.3 is 15.7 Å². The lowest BCUT2D eigenvalue weighted by Gasteiger charge is -2.29. The first-order valence-corrected chi connectivity index (χ1v) is 7.80. The van der Waals surface area contributed by atoms with Gasteiger partial charge in [-0.1, -0.05) is 12.8 Å². The molecule has 0 bridgehead atoms. The minimum absolute atomic E-state index is 0.302. The number of carbonyl (C=O) groups is 2. The van der Waals surface area contributed by atoms with Crippen LogP contribution in [0.15, 0.2) is 0 Å². The van der Waals surface area contributed by atoms with Crippen LogP contribution in [0.5, 0.6) is 0 Å². The van der Waals surface area contributed by atoms with Crippen molar-refractivity contribution in [2.75, 3.05) is 18.6 Å².